The van der Waals surface area contributed by atoms with Crippen molar-refractivity contribution in [3.05, 3.63) is 53.9 Å². The molecule has 6 nitrogen and oxygen atoms in total. The maximum atomic E-state index is 11.9. The van der Waals surface area contributed by atoms with Crippen molar-refractivity contribution in [2.75, 3.05) is 13.1 Å². The Hall–Kier alpha value is -2.34. The molecule has 128 valence electrons. The van der Waals surface area contributed by atoms with Crippen LogP contribution in [0.15, 0.2) is 42.7 Å². The molecule has 3 rings (SSSR count). The van der Waals surface area contributed by atoms with Gasteiger partial charge in [0.15, 0.2) is 0 Å². The minimum absolute atomic E-state index is 0.231. The largest absolute Gasteiger partial charge is 0.383 e. The molecule has 6 heteroatoms. The van der Waals surface area contributed by atoms with Crippen LogP contribution in [-0.4, -0.2) is 34.0 Å². The number of benzene rings is 1. The number of amides is 2. The Morgan fingerprint density at radius 2 is 2.17 bits per heavy atom. The van der Waals surface area contributed by atoms with Gasteiger partial charge in [0.05, 0.1) is 6.54 Å². The number of rotatable bonds is 6. The molecule has 0 fully saturated rings. The summed E-state index contributed by atoms with van der Waals surface area (Å²) in [6.45, 7) is 1.57. The number of aryl methyl sites for hydroxylation is 2. The van der Waals surface area contributed by atoms with Crippen molar-refractivity contribution in [2.24, 2.45) is 0 Å². The smallest absolute Gasteiger partial charge is 0.314 e. The Balaban J connectivity index is 1.44. The van der Waals surface area contributed by atoms with Crippen LogP contribution in [-0.2, 0) is 18.6 Å². The van der Waals surface area contributed by atoms with Crippen LogP contribution in [0, 0.1) is 0 Å². The predicted molar refractivity (Wildman–Crippen MR) is 91.5 cm³/mol. The third-order valence-electron chi connectivity index (χ3n) is 4.51. The summed E-state index contributed by atoms with van der Waals surface area (Å²) in [5.41, 5.74) is 1.14. The summed E-state index contributed by atoms with van der Waals surface area (Å²) in [6, 6.07) is 9.57. The average Bonchev–Trinajstić information content (AvgIpc) is 3.11. The minimum Gasteiger partial charge on any atom is -0.383 e. The van der Waals surface area contributed by atoms with Gasteiger partial charge in [0.2, 0.25) is 0 Å². The summed E-state index contributed by atoms with van der Waals surface area (Å²) in [7, 11) is 0. The fraction of sp³-hybridized carbons (Fsp3) is 0.444. The van der Waals surface area contributed by atoms with Crippen LogP contribution in [0.4, 0.5) is 4.79 Å². The van der Waals surface area contributed by atoms with Gasteiger partial charge in [-0.25, -0.2) is 4.79 Å². The number of nitrogens with zero attached hydrogens (tertiary/aromatic N) is 2. The maximum absolute atomic E-state index is 11.9. The fourth-order valence-corrected chi connectivity index (χ4v) is 3.25. The van der Waals surface area contributed by atoms with Gasteiger partial charge in [0.1, 0.15) is 5.60 Å². The minimum atomic E-state index is -0.971. The van der Waals surface area contributed by atoms with E-state index in [0.717, 1.165) is 31.4 Å². The predicted octanol–water partition coefficient (Wildman–Crippen LogP) is 1.80. The zero-order valence-corrected chi connectivity index (χ0v) is 13.7. The lowest BCUT2D eigenvalue weighted by molar-refractivity contribution is 0.0217. The highest BCUT2D eigenvalue weighted by molar-refractivity contribution is 5.73. The van der Waals surface area contributed by atoms with E-state index in [-0.39, 0.29) is 12.6 Å². The van der Waals surface area contributed by atoms with Gasteiger partial charge in [0, 0.05) is 25.5 Å². The van der Waals surface area contributed by atoms with E-state index in [4.69, 9.17) is 0 Å². The first kappa shape index (κ1) is 16.5. The number of carbonyl (C=O) groups excluding carboxylic acids is 1. The van der Waals surface area contributed by atoms with E-state index in [2.05, 4.69) is 21.8 Å². The number of nitrogens with one attached hydrogen (secondary N) is 2. The normalized spacial score (nSPS) is 19.5. The number of hydrogen-bond acceptors (Lipinski definition) is 3. The second-order valence-electron chi connectivity index (χ2n) is 6.27. The van der Waals surface area contributed by atoms with E-state index in [1.54, 1.807) is 6.20 Å². The molecule has 1 unspecified atom stereocenters. The number of carbonyl (C=O) groups is 1. The van der Waals surface area contributed by atoms with Gasteiger partial charge in [-0.1, -0.05) is 24.3 Å². The summed E-state index contributed by atoms with van der Waals surface area (Å²) < 4.78 is 1.83. The van der Waals surface area contributed by atoms with Crippen LogP contribution in [0.25, 0.3) is 0 Å². The van der Waals surface area contributed by atoms with Crippen molar-refractivity contribution in [1.29, 1.82) is 0 Å². The molecule has 1 aromatic heterocycles. The summed E-state index contributed by atoms with van der Waals surface area (Å²) in [4.78, 5) is 11.9. The van der Waals surface area contributed by atoms with E-state index in [1.165, 1.54) is 5.56 Å². The van der Waals surface area contributed by atoms with E-state index < -0.39 is 5.60 Å². The van der Waals surface area contributed by atoms with Crippen LogP contribution >= 0.6 is 0 Å². The van der Waals surface area contributed by atoms with Gasteiger partial charge in [-0.2, -0.15) is 5.10 Å². The first-order valence-electron chi connectivity index (χ1n) is 8.47. The third-order valence-corrected chi connectivity index (χ3v) is 4.51. The molecule has 0 spiro atoms. The molecule has 1 aliphatic carbocycles. The number of urea groups is 1. The van der Waals surface area contributed by atoms with Crippen molar-refractivity contribution < 1.29 is 9.90 Å². The van der Waals surface area contributed by atoms with Gasteiger partial charge >= 0.3 is 6.03 Å². The number of aliphatic hydroxyl groups is 1. The number of fused-ring (bicyclic) bond motifs is 1. The first-order valence-corrected chi connectivity index (χ1v) is 8.47. The highest BCUT2D eigenvalue weighted by Crippen LogP contribution is 2.34. The van der Waals surface area contributed by atoms with Crippen molar-refractivity contribution in [3.8, 4) is 0 Å². The Morgan fingerprint density at radius 3 is 3.00 bits per heavy atom. The first-order chi connectivity index (χ1) is 11.7. The van der Waals surface area contributed by atoms with Gasteiger partial charge in [-0.05, 0) is 42.9 Å². The van der Waals surface area contributed by atoms with Crippen molar-refractivity contribution in [1.82, 2.24) is 20.4 Å². The molecule has 0 radical (unpaired) electrons. The molecular formula is C18H24N4O2. The van der Waals surface area contributed by atoms with Gasteiger partial charge < -0.3 is 15.7 Å². The Morgan fingerprint density at radius 1 is 1.29 bits per heavy atom. The third kappa shape index (κ3) is 3.94. The lowest BCUT2D eigenvalue weighted by Gasteiger charge is -2.34. The summed E-state index contributed by atoms with van der Waals surface area (Å²) >= 11 is 0. The van der Waals surface area contributed by atoms with Crippen LogP contribution < -0.4 is 10.6 Å². The highest BCUT2D eigenvalue weighted by Gasteiger charge is 2.34. The lowest BCUT2D eigenvalue weighted by atomic mass is 9.79. The van der Waals surface area contributed by atoms with E-state index in [0.29, 0.717) is 13.0 Å². The molecule has 1 heterocycles. The van der Waals surface area contributed by atoms with Crippen LogP contribution in [0.2, 0.25) is 0 Å². The topological polar surface area (TPSA) is 79.2 Å². The number of hydrogen-bond donors (Lipinski definition) is 3. The molecule has 0 saturated heterocycles. The molecule has 1 aliphatic rings. The molecule has 1 aromatic carbocycles. The van der Waals surface area contributed by atoms with Crippen LogP contribution in [0.1, 0.15) is 30.4 Å². The fourth-order valence-electron chi connectivity index (χ4n) is 3.25. The molecule has 2 aromatic rings. The molecule has 0 bridgehead atoms. The number of aromatic nitrogens is 2. The molecule has 0 saturated carbocycles. The molecule has 3 N–H and O–H groups in total. The molecule has 1 atom stereocenters. The molecule has 2 amide bonds. The van der Waals surface area contributed by atoms with Gasteiger partial charge in [-0.3, -0.25) is 4.68 Å². The zero-order valence-electron chi connectivity index (χ0n) is 13.7. The van der Waals surface area contributed by atoms with Crippen LogP contribution in [0.3, 0.4) is 0 Å². The van der Waals surface area contributed by atoms with Crippen molar-refractivity contribution in [2.45, 2.75) is 37.8 Å². The SMILES string of the molecule is O=C(NCCCn1cccn1)NCC1(O)CCCc2ccccc21. The second kappa shape index (κ2) is 7.49. The monoisotopic (exact) mass is 328 g/mol. The Kier molecular flexibility index (Phi) is 5.15. The van der Waals surface area contributed by atoms with Crippen molar-refractivity contribution >= 4 is 6.03 Å². The zero-order chi connectivity index (χ0) is 16.8. The maximum Gasteiger partial charge on any atom is 0.314 e. The average molecular weight is 328 g/mol. The second-order valence-corrected chi connectivity index (χ2v) is 6.27. The quantitative estimate of drug-likeness (QED) is 0.708. The van der Waals surface area contributed by atoms with Crippen LogP contribution in [0.5, 0.6) is 0 Å². The van der Waals surface area contributed by atoms with Gasteiger partial charge in [0.25, 0.3) is 0 Å². The molecule has 24 heavy (non-hydrogen) atoms. The van der Waals surface area contributed by atoms with E-state index >= 15 is 0 Å². The summed E-state index contributed by atoms with van der Waals surface area (Å²) in [5.74, 6) is 0. The van der Waals surface area contributed by atoms with E-state index in [9.17, 15) is 9.90 Å². The molecular weight excluding hydrogens is 304 g/mol. The van der Waals surface area contributed by atoms with E-state index in [1.807, 2.05) is 35.1 Å². The molecule has 0 aliphatic heterocycles. The summed E-state index contributed by atoms with van der Waals surface area (Å²) in [6.07, 6.45) is 7.03. The Labute approximate surface area is 141 Å². The highest BCUT2D eigenvalue weighted by atomic mass is 16.3. The standard InChI is InChI=1S/C18H24N4O2/c23-17(19-10-4-12-22-13-5-11-21-22)20-14-18(24)9-3-7-15-6-1-2-8-16(15)18/h1-2,5-6,8,11,13,24H,3-4,7,9-10,12,14H2,(H2,19,20,23). The van der Waals surface area contributed by atoms with Crippen molar-refractivity contribution in [3.63, 3.8) is 0 Å². The Bertz CT molecular complexity index is 671. The van der Waals surface area contributed by atoms with Gasteiger partial charge in [-0.15, -0.1) is 0 Å². The lowest BCUT2D eigenvalue weighted by Crippen LogP contribution is -2.46. The summed E-state index contributed by atoms with van der Waals surface area (Å²) in [5, 5.41) is 20.7.